The molecule has 20 heavy (non-hydrogen) atoms. The lowest BCUT2D eigenvalue weighted by Gasteiger charge is -2.09. The van der Waals surface area contributed by atoms with E-state index in [1.807, 2.05) is 18.5 Å². The van der Waals surface area contributed by atoms with Gasteiger partial charge in [0.25, 0.3) is 5.91 Å². The highest BCUT2D eigenvalue weighted by Gasteiger charge is 2.19. The van der Waals surface area contributed by atoms with Gasteiger partial charge in [-0.15, -0.1) is 0 Å². The average molecular weight is 278 g/mol. The van der Waals surface area contributed by atoms with E-state index in [0.29, 0.717) is 5.92 Å². The van der Waals surface area contributed by atoms with E-state index in [1.54, 1.807) is 0 Å². The van der Waals surface area contributed by atoms with Crippen molar-refractivity contribution < 1.29 is 4.79 Å². The second-order valence-electron chi connectivity index (χ2n) is 5.67. The van der Waals surface area contributed by atoms with Crippen LogP contribution in [0.5, 0.6) is 0 Å². The van der Waals surface area contributed by atoms with Crippen LogP contribution >= 0.6 is 0 Å². The summed E-state index contributed by atoms with van der Waals surface area (Å²) in [6.07, 6.45) is 3.31. The second-order valence-corrected chi connectivity index (χ2v) is 5.67. The summed E-state index contributed by atoms with van der Waals surface area (Å²) in [5, 5.41) is 10.8. The number of hydrogen-bond acceptors (Lipinski definition) is 3. The Hall–Kier alpha value is -1.36. The Morgan fingerprint density at radius 3 is 2.95 bits per heavy atom. The van der Waals surface area contributed by atoms with Crippen LogP contribution in [-0.2, 0) is 6.54 Å². The second kappa shape index (κ2) is 6.88. The molecule has 1 saturated heterocycles. The highest BCUT2D eigenvalue weighted by Crippen LogP contribution is 2.14. The highest BCUT2D eigenvalue weighted by atomic mass is 16.1. The van der Waals surface area contributed by atoms with Crippen LogP contribution in [0.3, 0.4) is 0 Å². The molecule has 2 heterocycles. The van der Waals surface area contributed by atoms with E-state index in [-0.39, 0.29) is 5.91 Å². The van der Waals surface area contributed by atoms with Gasteiger partial charge in [0.2, 0.25) is 0 Å². The average Bonchev–Trinajstić information content (AvgIpc) is 2.99. The molecule has 0 spiro atoms. The summed E-state index contributed by atoms with van der Waals surface area (Å²) in [6.45, 7) is 9.83. The molecular formula is C15H26N4O. The number of hydrogen-bond donors (Lipinski definition) is 2. The molecule has 1 unspecified atom stereocenters. The monoisotopic (exact) mass is 278 g/mol. The molecule has 1 amide bonds. The van der Waals surface area contributed by atoms with Crippen molar-refractivity contribution in [2.75, 3.05) is 19.6 Å². The number of amides is 1. The third kappa shape index (κ3) is 3.39. The van der Waals surface area contributed by atoms with Crippen molar-refractivity contribution in [3.8, 4) is 0 Å². The number of aromatic nitrogens is 2. The summed E-state index contributed by atoms with van der Waals surface area (Å²) in [6, 6.07) is 0. The number of nitrogens with zero attached hydrogens (tertiary/aromatic N) is 2. The first-order valence-corrected chi connectivity index (χ1v) is 7.66. The third-order valence-corrected chi connectivity index (χ3v) is 4.04. The van der Waals surface area contributed by atoms with Crippen LogP contribution in [0.2, 0.25) is 0 Å². The molecule has 0 bridgehead atoms. The maximum absolute atomic E-state index is 12.3. The molecule has 0 radical (unpaired) electrons. The van der Waals surface area contributed by atoms with E-state index in [0.717, 1.165) is 56.0 Å². The predicted molar refractivity (Wildman–Crippen MR) is 79.9 cm³/mol. The Morgan fingerprint density at radius 1 is 1.50 bits per heavy atom. The molecule has 5 heteroatoms. The molecule has 2 N–H and O–H groups in total. The zero-order valence-electron chi connectivity index (χ0n) is 12.8. The Kier molecular flexibility index (Phi) is 5.17. The van der Waals surface area contributed by atoms with Crippen molar-refractivity contribution in [3.05, 3.63) is 17.0 Å². The number of rotatable bonds is 6. The van der Waals surface area contributed by atoms with Gasteiger partial charge in [0.1, 0.15) is 0 Å². The molecule has 1 fully saturated rings. The molecule has 1 atom stereocenters. The number of carbonyl (C=O) groups excluding carboxylic acids is 1. The summed E-state index contributed by atoms with van der Waals surface area (Å²) in [5.41, 5.74) is 2.56. The minimum absolute atomic E-state index is 0.0216. The van der Waals surface area contributed by atoms with Gasteiger partial charge in [0.15, 0.2) is 0 Å². The van der Waals surface area contributed by atoms with Crippen LogP contribution in [0.15, 0.2) is 0 Å². The Morgan fingerprint density at radius 2 is 2.30 bits per heavy atom. The fourth-order valence-electron chi connectivity index (χ4n) is 2.89. The molecule has 0 saturated carbocycles. The van der Waals surface area contributed by atoms with Gasteiger partial charge < -0.3 is 10.6 Å². The van der Waals surface area contributed by atoms with Gasteiger partial charge in [-0.05, 0) is 52.1 Å². The molecule has 112 valence electrons. The fourth-order valence-corrected chi connectivity index (χ4v) is 2.89. The van der Waals surface area contributed by atoms with Crippen molar-refractivity contribution in [3.63, 3.8) is 0 Å². The van der Waals surface area contributed by atoms with Gasteiger partial charge in [-0.2, -0.15) is 5.10 Å². The molecule has 2 rings (SSSR count). The smallest absolute Gasteiger partial charge is 0.255 e. The molecule has 0 aromatic carbocycles. The van der Waals surface area contributed by atoms with Crippen molar-refractivity contribution in [2.24, 2.45) is 5.92 Å². The van der Waals surface area contributed by atoms with Gasteiger partial charge in [0.05, 0.1) is 11.3 Å². The SMILES string of the molecule is CCCn1nc(C)c(C(=O)NCCC2CCNC2)c1C. The minimum Gasteiger partial charge on any atom is -0.352 e. The number of carbonyl (C=O) groups is 1. The summed E-state index contributed by atoms with van der Waals surface area (Å²) in [5.74, 6) is 0.730. The highest BCUT2D eigenvalue weighted by molar-refractivity contribution is 5.96. The molecule has 1 aliphatic rings. The summed E-state index contributed by atoms with van der Waals surface area (Å²) in [7, 11) is 0. The Balaban J connectivity index is 1.91. The van der Waals surface area contributed by atoms with Crippen molar-refractivity contribution >= 4 is 5.91 Å². The fraction of sp³-hybridized carbons (Fsp3) is 0.733. The van der Waals surface area contributed by atoms with Crippen molar-refractivity contribution in [1.29, 1.82) is 0 Å². The van der Waals surface area contributed by atoms with E-state index in [2.05, 4.69) is 22.7 Å². The van der Waals surface area contributed by atoms with E-state index in [9.17, 15) is 4.79 Å². The van der Waals surface area contributed by atoms with Gasteiger partial charge in [-0.1, -0.05) is 6.92 Å². The zero-order valence-corrected chi connectivity index (χ0v) is 12.8. The van der Waals surface area contributed by atoms with Crippen molar-refractivity contribution in [1.82, 2.24) is 20.4 Å². The lowest BCUT2D eigenvalue weighted by molar-refractivity contribution is 0.0950. The van der Waals surface area contributed by atoms with Gasteiger partial charge >= 0.3 is 0 Å². The largest absolute Gasteiger partial charge is 0.352 e. The summed E-state index contributed by atoms with van der Waals surface area (Å²) < 4.78 is 1.94. The third-order valence-electron chi connectivity index (χ3n) is 4.04. The number of nitrogens with one attached hydrogen (secondary N) is 2. The standard InChI is InChI=1S/C15H26N4O/c1-4-9-19-12(3)14(11(2)18-19)15(20)17-8-6-13-5-7-16-10-13/h13,16H,4-10H2,1-3H3,(H,17,20). The topological polar surface area (TPSA) is 59.0 Å². The quantitative estimate of drug-likeness (QED) is 0.831. The Labute approximate surface area is 121 Å². The van der Waals surface area contributed by atoms with Gasteiger partial charge in [0, 0.05) is 18.8 Å². The van der Waals surface area contributed by atoms with Crippen LogP contribution in [0, 0.1) is 19.8 Å². The van der Waals surface area contributed by atoms with Crippen LogP contribution in [-0.4, -0.2) is 35.3 Å². The lowest BCUT2D eigenvalue weighted by atomic mass is 10.1. The summed E-state index contributed by atoms with van der Waals surface area (Å²) >= 11 is 0. The van der Waals surface area contributed by atoms with Crippen LogP contribution in [0.25, 0.3) is 0 Å². The molecule has 0 aliphatic carbocycles. The lowest BCUT2D eigenvalue weighted by Crippen LogP contribution is -2.27. The normalized spacial score (nSPS) is 18.4. The van der Waals surface area contributed by atoms with E-state index < -0.39 is 0 Å². The van der Waals surface area contributed by atoms with Crippen LogP contribution in [0.4, 0.5) is 0 Å². The zero-order chi connectivity index (χ0) is 14.5. The molecular weight excluding hydrogens is 252 g/mol. The molecule has 1 aliphatic heterocycles. The van der Waals surface area contributed by atoms with Gasteiger partial charge in [-0.25, -0.2) is 0 Å². The van der Waals surface area contributed by atoms with E-state index >= 15 is 0 Å². The first kappa shape index (κ1) is 15.0. The Bertz CT molecular complexity index is 461. The van der Waals surface area contributed by atoms with E-state index in [4.69, 9.17) is 0 Å². The van der Waals surface area contributed by atoms with E-state index in [1.165, 1.54) is 6.42 Å². The molecule has 5 nitrogen and oxygen atoms in total. The minimum atomic E-state index is 0.0216. The van der Waals surface area contributed by atoms with Gasteiger partial charge in [-0.3, -0.25) is 9.48 Å². The maximum atomic E-state index is 12.3. The maximum Gasteiger partial charge on any atom is 0.255 e. The van der Waals surface area contributed by atoms with Crippen LogP contribution < -0.4 is 10.6 Å². The first-order valence-electron chi connectivity index (χ1n) is 7.66. The molecule has 1 aromatic heterocycles. The first-order chi connectivity index (χ1) is 9.63. The van der Waals surface area contributed by atoms with Crippen molar-refractivity contribution in [2.45, 2.75) is 46.6 Å². The van der Waals surface area contributed by atoms with Crippen LogP contribution in [0.1, 0.15) is 47.9 Å². The molecule has 1 aromatic rings. The summed E-state index contributed by atoms with van der Waals surface area (Å²) in [4.78, 5) is 12.3. The number of aryl methyl sites for hydroxylation is 2. The predicted octanol–water partition coefficient (Wildman–Crippen LogP) is 1.64.